The Morgan fingerprint density at radius 2 is 1.67 bits per heavy atom. The van der Waals surface area contributed by atoms with Crippen LogP contribution in [0.4, 0.5) is 4.79 Å². The molecule has 1 fully saturated rings. The first-order valence-corrected chi connectivity index (χ1v) is 9.74. The van der Waals surface area contributed by atoms with Crippen LogP contribution in [-0.2, 0) is 16.9 Å². The van der Waals surface area contributed by atoms with Crippen LogP contribution < -0.4 is 5.32 Å². The van der Waals surface area contributed by atoms with Crippen molar-refractivity contribution < 1.29 is 9.59 Å². The van der Waals surface area contributed by atoms with E-state index in [1.807, 2.05) is 79.2 Å². The predicted octanol–water partition coefficient (Wildman–Crippen LogP) is 3.35. The zero-order valence-corrected chi connectivity index (χ0v) is 17.2. The Bertz CT molecular complexity index is 1120. The van der Waals surface area contributed by atoms with Gasteiger partial charge in [-0.15, -0.1) is 5.01 Å². The number of urea groups is 1. The summed E-state index contributed by atoms with van der Waals surface area (Å²) >= 11 is 0. The van der Waals surface area contributed by atoms with E-state index in [0.717, 1.165) is 27.5 Å². The lowest BCUT2D eigenvalue weighted by Crippen LogP contribution is -2.40. The van der Waals surface area contributed by atoms with Crippen molar-refractivity contribution in [2.45, 2.75) is 32.9 Å². The molecule has 0 spiro atoms. The van der Waals surface area contributed by atoms with Crippen molar-refractivity contribution in [2.24, 2.45) is 5.10 Å². The highest BCUT2D eigenvalue weighted by Gasteiger charge is 2.49. The van der Waals surface area contributed by atoms with Gasteiger partial charge in [0.25, 0.3) is 5.91 Å². The zero-order valence-electron chi connectivity index (χ0n) is 17.2. The maximum atomic E-state index is 13.0. The first kappa shape index (κ1) is 19.6. The minimum Gasteiger partial charge on any atom is -0.318 e. The van der Waals surface area contributed by atoms with Gasteiger partial charge >= 0.3 is 6.03 Å². The van der Waals surface area contributed by atoms with Crippen LogP contribution >= 0.6 is 0 Å². The van der Waals surface area contributed by atoms with Crippen LogP contribution in [0, 0.1) is 13.8 Å². The second-order valence-corrected chi connectivity index (χ2v) is 7.51. The number of nitrogens with zero attached hydrogens (tertiary/aromatic N) is 4. The lowest BCUT2D eigenvalue weighted by atomic mass is 9.92. The standard InChI is InChI=1S/C23H23N5O2/c1-16-20(17(2)27(26-16)15-18-10-6-4-7-11-18)14-24-28-21(29)23(3,25-22(28)30)19-12-8-5-9-13-19/h4-14H,15H2,1-3H3,(H,25,30)/t23-/m1/s1. The van der Waals surface area contributed by atoms with Crippen LogP contribution in [0.1, 0.15) is 35.0 Å². The van der Waals surface area contributed by atoms with Crippen LogP contribution in [0.15, 0.2) is 65.8 Å². The van der Waals surface area contributed by atoms with Gasteiger partial charge in [0, 0.05) is 11.3 Å². The third kappa shape index (κ3) is 3.39. The minimum absolute atomic E-state index is 0.415. The largest absolute Gasteiger partial charge is 0.346 e. The van der Waals surface area contributed by atoms with Gasteiger partial charge in [-0.1, -0.05) is 60.7 Å². The molecule has 1 aromatic heterocycles. The number of carbonyl (C=O) groups is 2. The molecule has 0 radical (unpaired) electrons. The molecule has 7 nitrogen and oxygen atoms in total. The average Bonchev–Trinajstić information content (AvgIpc) is 3.14. The summed E-state index contributed by atoms with van der Waals surface area (Å²) in [5, 5.41) is 12.4. The predicted molar refractivity (Wildman–Crippen MR) is 114 cm³/mol. The Kier molecular flexibility index (Phi) is 4.95. The summed E-state index contributed by atoms with van der Waals surface area (Å²) in [7, 11) is 0. The number of aryl methyl sites for hydroxylation is 1. The number of hydrazone groups is 1. The number of imide groups is 1. The lowest BCUT2D eigenvalue weighted by Gasteiger charge is -2.20. The number of rotatable bonds is 5. The summed E-state index contributed by atoms with van der Waals surface area (Å²) in [6, 6.07) is 18.7. The Hall–Kier alpha value is -3.74. The van der Waals surface area contributed by atoms with Crippen molar-refractivity contribution in [3.63, 3.8) is 0 Å². The normalized spacial score (nSPS) is 19.0. The summed E-state index contributed by atoms with van der Waals surface area (Å²) in [4.78, 5) is 25.5. The highest BCUT2D eigenvalue weighted by molar-refractivity contribution is 6.07. The molecule has 30 heavy (non-hydrogen) atoms. The Labute approximate surface area is 175 Å². The molecule has 3 amide bonds. The molecule has 0 unspecified atom stereocenters. The molecule has 152 valence electrons. The Balaban J connectivity index is 1.58. The van der Waals surface area contributed by atoms with E-state index < -0.39 is 17.5 Å². The van der Waals surface area contributed by atoms with E-state index in [1.54, 1.807) is 6.92 Å². The quantitative estimate of drug-likeness (QED) is 0.526. The lowest BCUT2D eigenvalue weighted by molar-refractivity contribution is -0.131. The van der Waals surface area contributed by atoms with Crippen LogP contribution in [0.25, 0.3) is 0 Å². The van der Waals surface area contributed by atoms with Gasteiger partial charge in [-0.05, 0) is 31.9 Å². The van der Waals surface area contributed by atoms with Gasteiger partial charge in [-0.2, -0.15) is 10.2 Å². The van der Waals surface area contributed by atoms with Crippen LogP contribution in [0.3, 0.4) is 0 Å². The molecule has 0 bridgehead atoms. The summed E-state index contributed by atoms with van der Waals surface area (Å²) in [5.74, 6) is -0.415. The van der Waals surface area contributed by atoms with Crippen molar-refractivity contribution in [2.75, 3.05) is 0 Å². The number of benzene rings is 2. The van der Waals surface area contributed by atoms with E-state index in [2.05, 4.69) is 15.5 Å². The SMILES string of the molecule is Cc1nn(Cc2ccccc2)c(C)c1C=NN1C(=O)N[C@](C)(c2ccccc2)C1=O. The second kappa shape index (κ2) is 7.59. The maximum Gasteiger partial charge on any atom is 0.346 e. The summed E-state index contributed by atoms with van der Waals surface area (Å²) in [6.45, 7) is 6.16. The molecule has 1 aliphatic heterocycles. The number of hydrogen-bond donors (Lipinski definition) is 1. The molecule has 0 aliphatic carbocycles. The fourth-order valence-electron chi connectivity index (χ4n) is 3.62. The molecule has 1 N–H and O–H groups in total. The van der Waals surface area contributed by atoms with Gasteiger partial charge in [0.15, 0.2) is 0 Å². The highest BCUT2D eigenvalue weighted by atomic mass is 16.2. The number of hydrogen-bond acceptors (Lipinski definition) is 4. The van der Waals surface area contributed by atoms with E-state index in [9.17, 15) is 9.59 Å². The van der Waals surface area contributed by atoms with Crippen LogP contribution in [0.2, 0.25) is 0 Å². The molecule has 1 atom stereocenters. The topological polar surface area (TPSA) is 79.6 Å². The molecular weight excluding hydrogens is 378 g/mol. The second-order valence-electron chi connectivity index (χ2n) is 7.51. The van der Waals surface area contributed by atoms with Crippen LogP contribution in [-0.4, -0.2) is 32.9 Å². The molecule has 4 rings (SSSR count). The maximum absolute atomic E-state index is 13.0. The number of nitrogens with one attached hydrogen (secondary N) is 1. The van der Waals surface area contributed by atoms with Gasteiger partial charge in [-0.25, -0.2) is 4.79 Å². The third-order valence-electron chi connectivity index (χ3n) is 5.44. The van der Waals surface area contributed by atoms with Gasteiger partial charge < -0.3 is 5.32 Å². The van der Waals surface area contributed by atoms with Crippen molar-refractivity contribution >= 4 is 18.2 Å². The van der Waals surface area contributed by atoms with Gasteiger partial charge in [0.1, 0.15) is 5.54 Å². The number of amides is 3. The van der Waals surface area contributed by atoms with Crippen LogP contribution in [0.5, 0.6) is 0 Å². The van der Waals surface area contributed by atoms with E-state index >= 15 is 0 Å². The minimum atomic E-state index is -1.14. The van der Waals surface area contributed by atoms with Crippen molar-refractivity contribution in [3.05, 3.63) is 88.7 Å². The van der Waals surface area contributed by atoms with Crippen molar-refractivity contribution in [1.29, 1.82) is 0 Å². The third-order valence-corrected chi connectivity index (χ3v) is 5.44. The van der Waals surface area contributed by atoms with Crippen molar-refractivity contribution in [1.82, 2.24) is 20.1 Å². The number of aromatic nitrogens is 2. The molecule has 0 saturated carbocycles. The van der Waals surface area contributed by atoms with Gasteiger partial charge in [-0.3, -0.25) is 9.48 Å². The summed E-state index contributed by atoms with van der Waals surface area (Å²) in [5.41, 5.74) is 3.20. The first-order valence-electron chi connectivity index (χ1n) is 9.74. The Morgan fingerprint density at radius 1 is 1.03 bits per heavy atom. The van der Waals surface area contributed by atoms with E-state index in [-0.39, 0.29) is 0 Å². The molecule has 3 aromatic rings. The highest BCUT2D eigenvalue weighted by Crippen LogP contribution is 2.28. The molecule has 1 saturated heterocycles. The van der Waals surface area contributed by atoms with E-state index in [1.165, 1.54) is 6.21 Å². The number of carbonyl (C=O) groups excluding carboxylic acids is 2. The molecule has 7 heteroatoms. The van der Waals surface area contributed by atoms with E-state index in [4.69, 9.17) is 0 Å². The van der Waals surface area contributed by atoms with E-state index in [0.29, 0.717) is 12.1 Å². The fraction of sp³-hybridized carbons (Fsp3) is 0.217. The fourth-order valence-corrected chi connectivity index (χ4v) is 3.62. The average molecular weight is 401 g/mol. The smallest absolute Gasteiger partial charge is 0.318 e. The molecule has 2 heterocycles. The molecule has 1 aliphatic rings. The van der Waals surface area contributed by atoms with Gasteiger partial charge in [0.2, 0.25) is 0 Å². The summed E-state index contributed by atoms with van der Waals surface area (Å²) < 4.78 is 1.89. The first-order chi connectivity index (χ1) is 14.4. The zero-order chi connectivity index (χ0) is 21.3. The Morgan fingerprint density at radius 3 is 2.33 bits per heavy atom. The summed E-state index contributed by atoms with van der Waals surface area (Å²) in [6.07, 6.45) is 1.54. The van der Waals surface area contributed by atoms with Gasteiger partial charge in [0.05, 0.1) is 18.5 Å². The monoisotopic (exact) mass is 401 g/mol. The molecular formula is C23H23N5O2. The molecule has 2 aromatic carbocycles. The van der Waals surface area contributed by atoms with Crippen molar-refractivity contribution in [3.8, 4) is 0 Å².